The van der Waals surface area contributed by atoms with Gasteiger partial charge >= 0.3 is 0 Å². The van der Waals surface area contributed by atoms with Crippen molar-refractivity contribution in [2.24, 2.45) is 5.73 Å². The summed E-state index contributed by atoms with van der Waals surface area (Å²) in [5.41, 5.74) is 7.31. The summed E-state index contributed by atoms with van der Waals surface area (Å²) in [7, 11) is 0. The molecule has 0 fully saturated rings. The van der Waals surface area contributed by atoms with Gasteiger partial charge in [0, 0.05) is 18.3 Å². The van der Waals surface area contributed by atoms with Crippen LogP contribution in [0.5, 0.6) is 0 Å². The van der Waals surface area contributed by atoms with Gasteiger partial charge < -0.3 is 11.1 Å². The van der Waals surface area contributed by atoms with E-state index in [4.69, 9.17) is 5.73 Å². The van der Waals surface area contributed by atoms with Crippen LogP contribution in [0.1, 0.15) is 45.4 Å². The quantitative estimate of drug-likeness (QED) is 0.666. The predicted octanol–water partition coefficient (Wildman–Crippen LogP) is 2.46. The summed E-state index contributed by atoms with van der Waals surface area (Å²) >= 11 is 1.63. The number of nitrogens with one attached hydrogen (secondary N) is 1. The zero-order chi connectivity index (χ0) is 13.2. The number of thioether (sulfide) groups is 1. The molecule has 3 N–H and O–H groups in total. The molecular formula is C14H26N2OS. The van der Waals surface area contributed by atoms with Gasteiger partial charge in [0.25, 0.3) is 0 Å². The van der Waals surface area contributed by atoms with Crippen molar-refractivity contribution in [3.8, 4) is 0 Å². The topological polar surface area (TPSA) is 55.1 Å². The molecule has 104 valence electrons. The van der Waals surface area contributed by atoms with E-state index in [-0.39, 0.29) is 11.9 Å². The van der Waals surface area contributed by atoms with Crippen LogP contribution < -0.4 is 11.1 Å². The molecule has 4 heteroatoms. The number of allylic oxidation sites excluding steroid dienone is 1. The van der Waals surface area contributed by atoms with Gasteiger partial charge in [0.05, 0.1) is 5.75 Å². The van der Waals surface area contributed by atoms with Crippen molar-refractivity contribution in [3.63, 3.8) is 0 Å². The normalized spacial score (nSPS) is 17.1. The van der Waals surface area contributed by atoms with Gasteiger partial charge in [-0.1, -0.05) is 18.6 Å². The summed E-state index contributed by atoms with van der Waals surface area (Å²) < 4.78 is 0. The summed E-state index contributed by atoms with van der Waals surface area (Å²) in [6, 6.07) is 0.218. The third kappa shape index (κ3) is 7.07. The van der Waals surface area contributed by atoms with Gasteiger partial charge in [-0.25, -0.2) is 0 Å². The zero-order valence-corrected chi connectivity index (χ0v) is 12.2. The van der Waals surface area contributed by atoms with E-state index in [9.17, 15) is 4.79 Å². The van der Waals surface area contributed by atoms with Crippen molar-refractivity contribution in [2.75, 3.05) is 18.1 Å². The molecule has 0 saturated carbocycles. The predicted molar refractivity (Wildman–Crippen MR) is 79.8 cm³/mol. The lowest BCUT2D eigenvalue weighted by Crippen LogP contribution is -2.28. The molecule has 0 spiro atoms. The average molecular weight is 270 g/mol. The van der Waals surface area contributed by atoms with Gasteiger partial charge in [0.1, 0.15) is 0 Å². The van der Waals surface area contributed by atoms with E-state index in [2.05, 4.69) is 18.3 Å². The number of hydrogen-bond donors (Lipinski definition) is 2. The number of amides is 1. The van der Waals surface area contributed by atoms with Gasteiger partial charge in [-0.2, -0.15) is 11.8 Å². The van der Waals surface area contributed by atoms with Crippen molar-refractivity contribution in [2.45, 2.75) is 51.5 Å². The van der Waals surface area contributed by atoms with Crippen LogP contribution in [-0.4, -0.2) is 30.0 Å². The van der Waals surface area contributed by atoms with E-state index < -0.39 is 0 Å². The largest absolute Gasteiger partial charge is 0.355 e. The SMILES string of the molecule is CCC(N)CSCC(=O)NCCC1=CCCCC1. The van der Waals surface area contributed by atoms with E-state index in [1.54, 1.807) is 11.8 Å². The Morgan fingerprint density at radius 2 is 2.39 bits per heavy atom. The standard InChI is InChI=1S/C14H26N2OS/c1-2-13(15)10-18-11-14(17)16-9-8-12-6-4-3-5-7-12/h6,13H,2-5,7-11,15H2,1H3,(H,16,17). The molecule has 0 aromatic carbocycles. The third-order valence-corrected chi connectivity index (χ3v) is 4.37. The molecule has 1 aliphatic carbocycles. The van der Waals surface area contributed by atoms with Crippen molar-refractivity contribution in [1.82, 2.24) is 5.32 Å². The van der Waals surface area contributed by atoms with Crippen LogP contribution in [0, 0.1) is 0 Å². The monoisotopic (exact) mass is 270 g/mol. The zero-order valence-electron chi connectivity index (χ0n) is 11.4. The summed E-state index contributed by atoms with van der Waals surface area (Å²) in [6.45, 7) is 2.86. The molecule has 1 aliphatic rings. The molecule has 1 rings (SSSR count). The number of carbonyl (C=O) groups is 1. The lowest BCUT2D eigenvalue weighted by molar-refractivity contribution is -0.118. The first-order chi connectivity index (χ1) is 8.72. The average Bonchev–Trinajstić information content (AvgIpc) is 2.39. The first-order valence-electron chi connectivity index (χ1n) is 7.00. The minimum Gasteiger partial charge on any atom is -0.355 e. The molecule has 0 aromatic rings. The lowest BCUT2D eigenvalue weighted by atomic mass is 9.97. The molecule has 0 bridgehead atoms. The highest BCUT2D eigenvalue weighted by Gasteiger charge is 2.06. The Balaban J connectivity index is 2.01. The molecule has 1 amide bonds. The van der Waals surface area contributed by atoms with Crippen molar-refractivity contribution in [3.05, 3.63) is 11.6 Å². The van der Waals surface area contributed by atoms with E-state index in [0.717, 1.165) is 25.1 Å². The highest BCUT2D eigenvalue weighted by molar-refractivity contribution is 7.99. The van der Waals surface area contributed by atoms with Crippen LogP contribution in [0.25, 0.3) is 0 Å². The highest BCUT2D eigenvalue weighted by Crippen LogP contribution is 2.19. The van der Waals surface area contributed by atoms with Crippen LogP contribution >= 0.6 is 11.8 Å². The second kappa shape index (κ2) is 9.45. The van der Waals surface area contributed by atoms with E-state index >= 15 is 0 Å². The Morgan fingerprint density at radius 1 is 1.56 bits per heavy atom. The van der Waals surface area contributed by atoms with Gasteiger partial charge in [-0.3, -0.25) is 4.79 Å². The number of carbonyl (C=O) groups excluding carboxylic acids is 1. The van der Waals surface area contributed by atoms with E-state index in [0.29, 0.717) is 5.75 Å². The molecule has 18 heavy (non-hydrogen) atoms. The Morgan fingerprint density at radius 3 is 3.06 bits per heavy atom. The molecule has 0 radical (unpaired) electrons. The van der Waals surface area contributed by atoms with Crippen molar-refractivity contribution in [1.29, 1.82) is 0 Å². The molecule has 0 aromatic heterocycles. The molecule has 1 atom stereocenters. The summed E-state index contributed by atoms with van der Waals surface area (Å²) in [4.78, 5) is 11.6. The Bertz CT molecular complexity index is 279. The summed E-state index contributed by atoms with van der Waals surface area (Å²) in [5.74, 6) is 1.54. The molecule has 0 aliphatic heterocycles. The lowest BCUT2D eigenvalue weighted by Gasteiger charge is -2.13. The minimum atomic E-state index is 0.139. The van der Waals surface area contributed by atoms with Crippen LogP contribution in [0.4, 0.5) is 0 Å². The second-order valence-electron chi connectivity index (χ2n) is 4.89. The Labute approximate surface area is 115 Å². The fraction of sp³-hybridized carbons (Fsp3) is 0.786. The molecule has 0 saturated heterocycles. The van der Waals surface area contributed by atoms with Gasteiger partial charge in [-0.05, 0) is 38.5 Å². The van der Waals surface area contributed by atoms with Crippen LogP contribution in [0.15, 0.2) is 11.6 Å². The number of rotatable bonds is 8. The first kappa shape index (κ1) is 15.6. The number of hydrogen-bond acceptors (Lipinski definition) is 3. The molecular weight excluding hydrogens is 244 g/mol. The minimum absolute atomic E-state index is 0.139. The molecule has 1 unspecified atom stereocenters. The maximum absolute atomic E-state index is 11.6. The summed E-state index contributed by atoms with van der Waals surface area (Å²) in [6.07, 6.45) is 9.40. The second-order valence-corrected chi connectivity index (χ2v) is 5.92. The summed E-state index contributed by atoms with van der Waals surface area (Å²) in [5, 5.41) is 2.98. The Kier molecular flexibility index (Phi) is 8.18. The van der Waals surface area contributed by atoms with Crippen LogP contribution in [-0.2, 0) is 4.79 Å². The van der Waals surface area contributed by atoms with Crippen LogP contribution in [0.3, 0.4) is 0 Å². The van der Waals surface area contributed by atoms with Crippen LogP contribution in [0.2, 0.25) is 0 Å². The third-order valence-electron chi connectivity index (χ3n) is 3.24. The maximum Gasteiger partial charge on any atom is 0.230 e. The van der Waals surface area contributed by atoms with E-state index in [1.807, 2.05) is 0 Å². The molecule has 0 heterocycles. The fourth-order valence-electron chi connectivity index (χ4n) is 1.97. The maximum atomic E-state index is 11.6. The van der Waals surface area contributed by atoms with Gasteiger partial charge in [-0.15, -0.1) is 0 Å². The van der Waals surface area contributed by atoms with Gasteiger partial charge in [0.2, 0.25) is 5.91 Å². The fourth-order valence-corrected chi connectivity index (χ4v) is 2.91. The van der Waals surface area contributed by atoms with E-state index in [1.165, 1.54) is 31.3 Å². The molecule has 3 nitrogen and oxygen atoms in total. The first-order valence-corrected chi connectivity index (χ1v) is 8.15. The van der Waals surface area contributed by atoms with Gasteiger partial charge in [0.15, 0.2) is 0 Å². The number of nitrogens with two attached hydrogens (primary N) is 1. The van der Waals surface area contributed by atoms with Crippen molar-refractivity contribution < 1.29 is 4.79 Å². The van der Waals surface area contributed by atoms with Crippen molar-refractivity contribution >= 4 is 17.7 Å². The smallest absolute Gasteiger partial charge is 0.230 e. The highest BCUT2D eigenvalue weighted by atomic mass is 32.2. The Hall–Kier alpha value is -0.480.